The van der Waals surface area contributed by atoms with Crippen LogP contribution in [0.4, 0.5) is 0 Å². The van der Waals surface area contributed by atoms with E-state index in [0.29, 0.717) is 31.1 Å². The highest BCUT2D eigenvalue weighted by Gasteiger charge is 2.24. The van der Waals surface area contributed by atoms with E-state index in [0.717, 1.165) is 19.3 Å². The number of benzene rings is 1. The number of hydrogen-bond acceptors (Lipinski definition) is 6. The van der Waals surface area contributed by atoms with Crippen LogP contribution in [0.25, 0.3) is 0 Å². The van der Waals surface area contributed by atoms with Crippen molar-refractivity contribution in [2.24, 2.45) is 0 Å². The Bertz CT molecular complexity index is 599. The van der Waals surface area contributed by atoms with E-state index >= 15 is 0 Å². The zero-order valence-electron chi connectivity index (χ0n) is 12.8. The Morgan fingerprint density at radius 3 is 2.68 bits per heavy atom. The summed E-state index contributed by atoms with van der Waals surface area (Å²) in [6.45, 7) is 3.22. The Kier molecular flexibility index (Phi) is 5.63. The molecule has 7 nitrogen and oxygen atoms in total. The van der Waals surface area contributed by atoms with E-state index in [4.69, 9.17) is 9.47 Å². The van der Waals surface area contributed by atoms with Crippen molar-refractivity contribution in [1.82, 2.24) is 9.62 Å². The van der Waals surface area contributed by atoms with E-state index in [1.807, 2.05) is 0 Å². The quantitative estimate of drug-likeness (QED) is 0.781. The molecule has 2 N–H and O–H groups in total. The van der Waals surface area contributed by atoms with Crippen molar-refractivity contribution in [3.63, 3.8) is 0 Å². The Morgan fingerprint density at radius 1 is 1.41 bits per heavy atom. The summed E-state index contributed by atoms with van der Waals surface area (Å²) in [6.07, 6.45) is 1.12. The fourth-order valence-corrected chi connectivity index (χ4v) is 3.21. The van der Waals surface area contributed by atoms with E-state index < -0.39 is 16.1 Å². The minimum atomic E-state index is -3.41. The summed E-state index contributed by atoms with van der Waals surface area (Å²) in [5.41, 5.74) is 0.611. The minimum absolute atomic E-state index is 0.0677. The van der Waals surface area contributed by atoms with Crippen molar-refractivity contribution in [3.05, 3.63) is 23.8 Å². The number of phenols is 1. The number of methoxy groups -OCH3 is 1. The van der Waals surface area contributed by atoms with Gasteiger partial charge in [-0.3, -0.25) is 4.90 Å². The second-order valence-corrected chi connectivity index (χ2v) is 7.06. The van der Waals surface area contributed by atoms with Gasteiger partial charge in [0.05, 0.1) is 32.6 Å². The molecule has 1 unspecified atom stereocenters. The predicted octanol–water partition coefficient (Wildman–Crippen LogP) is 0.323. The molecule has 0 radical (unpaired) electrons. The lowest BCUT2D eigenvalue weighted by Gasteiger charge is -2.31. The molecule has 1 aliphatic heterocycles. The van der Waals surface area contributed by atoms with Crippen LogP contribution in [-0.4, -0.2) is 64.6 Å². The van der Waals surface area contributed by atoms with E-state index in [1.54, 1.807) is 6.07 Å². The molecule has 1 fully saturated rings. The van der Waals surface area contributed by atoms with E-state index in [9.17, 15) is 13.5 Å². The van der Waals surface area contributed by atoms with Gasteiger partial charge in [-0.1, -0.05) is 0 Å². The molecule has 8 heteroatoms. The maximum atomic E-state index is 11.7. The van der Waals surface area contributed by atoms with Crippen LogP contribution in [0.2, 0.25) is 0 Å². The van der Waals surface area contributed by atoms with Gasteiger partial charge in [0.15, 0.2) is 0 Å². The highest BCUT2D eigenvalue weighted by Crippen LogP contribution is 2.30. The van der Waals surface area contributed by atoms with Gasteiger partial charge >= 0.3 is 0 Å². The van der Waals surface area contributed by atoms with Crippen LogP contribution < -0.4 is 9.46 Å². The van der Waals surface area contributed by atoms with Crippen molar-refractivity contribution in [1.29, 1.82) is 0 Å². The number of aromatic hydroxyl groups is 1. The van der Waals surface area contributed by atoms with Crippen LogP contribution >= 0.6 is 0 Å². The van der Waals surface area contributed by atoms with Crippen molar-refractivity contribution in [3.8, 4) is 11.5 Å². The zero-order valence-corrected chi connectivity index (χ0v) is 13.6. The molecule has 0 aromatic heterocycles. The molecule has 0 spiro atoms. The third-order valence-electron chi connectivity index (χ3n) is 3.49. The lowest BCUT2D eigenvalue weighted by atomic mass is 10.1. The molecule has 1 aromatic rings. The van der Waals surface area contributed by atoms with Crippen LogP contribution in [0.1, 0.15) is 11.6 Å². The molecule has 0 saturated carbocycles. The molecule has 1 heterocycles. The first kappa shape index (κ1) is 17.0. The molecular weight excluding hydrogens is 308 g/mol. The van der Waals surface area contributed by atoms with Gasteiger partial charge in [-0.15, -0.1) is 0 Å². The molecule has 0 amide bonds. The van der Waals surface area contributed by atoms with Crippen molar-refractivity contribution >= 4 is 10.0 Å². The number of ether oxygens (including phenoxy) is 2. The summed E-state index contributed by atoms with van der Waals surface area (Å²) < 4.78 is 36.6. The lowest BCUT2D eigenvalue weighted by molar-refractivity contribution is 0.0344. The second-order valence-electron chi connectivity index (χ2n) is 5.28. The average Bonchev–Trinajstić information content (AvgIpc) is 2.46. The van der Waals surface area contributed by atoms with Crippen LogP contribution in [-0.2, 0) is 14.8 Å². The van der Waals surface area contributed by atoms with Crippen LogP contribution in [0.5, 0.6) is 11.5 Å². The first-order valence-corrected chi connectivity index (χ1v) is 8.92. The van der Waals surface area contributed by atoms with Gasteiger partial charge < -0.3 is 14.6 Å². The zero-order chi connectivity index (χ0) is 16.2. The van der Waals surface area contributed by atoms with E-state index in [-0.39, 0.29) is 5.75 Å². The summed E-state index contributed by atoms with van der Waals surface area (Å²) in [5, 5.41) is 9.72. The van der Waals surface area contributed by atoms with Crippen molar-refractivity contribution in [2.45, 2.75) is 6.04 Å². The fraction of sp³-hybridized carbons (Fsp3) is 0.571. The lowest BCUT2D eigenvalue weighted by Crippen LogP contribution is -2.43. The molecule has 0 bridgehead atoms. The Morgan fingerprint density at radius 2 is 2.09 bits per heavy atom. The monoisotopic (exact) mass is 330 g/mol. The van der Waals surface area contributed by atoms with Gasteiger partial charge in [0, 0.05) is 25.2 Å². The molecule has 2 rings (SSSR count). The molecular formula is C14H22N2O5S. The largest absolute Gasteiger partial charge is 0.508 e. The van der Waals surface area contributed by atoms with Crippen molar-refractivity contribution < 1.29 is 23.0 Å². The fourth-order valence-electron chi connectivity index (χ4n) is 2.49. The summed E-state index contributed by atoms with van der Waals surface area (Å²) in [7, 11) is -1.89. The van der Waals surface area contributed by atoms with Gasteiger partial charge in [-0.2, -0.15) is 0 Å². The summed E-state index contributed by atoms with van der Waals surface area (Å²) in [6, 6.07) is 4.16. The molecule has 1 aliphatic rings. The molecule has 0 aliphatic carbocycles. The average molecular weight is 330 g/mol. The van der Waals surface area contributed by atoms with Gasteiger partial charge in [-0.05, 0) is 18.2 Å². The topological polar surface area (TPSA) is 88.1 Å². The first-order valence-electron chi connectivity index (χ1n) is 7.03. The number of rotatable bonds is 6. The van der Waals surface area contributed by atoms with Crippen molar-refractivity contribution in [2.75, 3.05) is 46.2 Å². The Balaban J connectivity index is 2.28. The molecule has 124 valence electrons. The van der Waals surface area contributed by atoms with Crippen LogP contribution in [0.3, 0.4) is 0 Å². The number of hydrogen-bond donors (Lipinski definition) is 2. The number of morpholine rings is 1. The van der Waals surface area contributed by atoms with E-state index in [1.165, 1.54) is 19.2 Å². The SMILES string of the molecule is COc1ccc(O)cc1C(CN1CCOCC1)NS(C)(=O)=O. The summed E-state index contributed by atoms with van der Waals surface area (Å²) in [5.74, 6) is 0.602. The predicted molar refractivity (Wildman–Crippen MR) is 82.6 cm³/mol. The maximum absolute atomic E-state index is 11.7. The van der Waals surface area contributed by atoms with Gasteiger partial charge in [0.25, 0.3) is 0 Å². The third-order valence-corrected chi connectivity index (χ3v) is 4.20. The molecule has 1 saturated heterocycles. The number of nitrogens with one attached hydrogen (secondary N) is 1. The number of nitrogens with zero attached hydrogens (tertiary/aromatic N) is 1. The van der Waals surface area contributed by atoms with E-state index in [2.05, 4.69) is 9.62 Å². The van der Waals surface area contributed by atoms with Crippen LogP contribution in [0.15, 0.2) is 18.2 Å². The highest BCUT2D eigenvalue weighted by atomic mass is 32.2. The second kappa shape index (κ2) is 7.28. The number of phenolic OH excluding ortho intramolecular Hbond substituents is 1. The highest BCUT2D eigenvalue weighted by molar-refractivity contribution is 7.88. The van der Waals surface area contributed by atoms with Gasteiger partial charge in [-0.25, -0.2) is 13.1 Å². The first-order chi connectivity index (χ1) is 10.4. The normalized spacial score (nSPS) is 18.1. The summed E-state index contributed by atoms with van der Waals surface area (Å²) >= 11 is 0. The molecule has 1 aromatic carbocycles. The smallest absolute Gasteiger partial charge is 0.209 e. The van der Waals surface area contributed by atoms with Gasteiger partial charge in [0.1, 0.15) is 11.5 Å². The third kappa shape index (κ3) is 4.84. The van der Waals surface area contributed by atoms with Crippen LogP contribution in [0, 0.1) is 0 Å². The van der Waals surface area contributed by atoms with Gasteiger partial charge in [0.2, 0.25) is 10.0 Å². The Labute approximate surface area is 130 Å². The standard InChI is InChI=1S/C14H22N2O5S/c1-20-14-4-3-11(17)9-12(14)13(15-22(2,18)19)10-16-5-7-21-8-6-16/h3-4,9,13,15,17H,5-8,10H2,1-2H3. The Hall–Kier alpha value is -1.35. The molecule has 1 atom stereocenters. The molecule has 22 heavy (non-hydrogen) atoms. The summed E-state index contributed by atoms with van der Waals surface area (Å²) in [4.78, 5) is 2.12. The minimum Gasteiger partial charge on any atom is -0.508 e. The number of sulfonamides is 1. The maximum Gasteiger partial charge on any atom is 0.209 e.